The van der Waals surface area contributed by atoms with Crippen LogP contribution in [0.3, 0.4) is 0 Å². The SMILES string of the molecule is CN1CCN(C(=O)Cc2ccc(NC(=O)CC3COCCN3)cc2)CC1.Cl.Cl. The fourth-order valence-electron chi connectivity index (χ4n) is 3.23. The summed E-state index contributed by atoms with van der Waals surface area (Å²) in [4.78, 5) is 28.6. The molecule has 2 saturated heterocycles. The van der Waals surface area contributed by atoms with Gasteiger partial charge in [0.1, 0.15) is 0 Å². The van der Waals surface area contributed by atoms with E-state index in [1.165, 1.54) is 0 Å². The number of nitrogens with zero attached hydrogens (tertiary/aromatic N) is 2. The van der Waals surface area contributed by atoms with E-state index >= 15 is 0 Å². The van der Waals surface area contributed by atoms with Crippen LogP contribution in [0.2, 0.25) is 0 Å². The van der Waals surface area contributed by atoms with Crippen molar-refractivity contribution in [2.75, 3.05) is 58.3 Å². The lowest BCUT2D eigenvalue weighted by Crippen LogP contribution is -2.47. The molecular weight excluding hydrogens is 403 g/mol. The van der Waals surface area contributed by atoms with E-state index in [2.05, 4.69) is 22.6 Å². The fourth-order valence-corrected chi connectivity index (χ4v) is 3.23. The summed E-state index contributed by atoms with van der Waals surface area (Å²) in [6.45, 7) is 5.50. The monoisotopic (exact) mass is 432 g/mol. The molecule has 2 aliphatic heterocycles. The standard InChI is InChI=1S/C19H28N4O3.2ClH/c1-22-7-9-23(10-8-22)19(25)12-15-2-4-16(5-3-15)21-18(24)13-17-14-26-11-6-20-17;;/h2-5,17,20H,6-14H2,1H3,(H,21,24);2*1H. The van der Waals surface area contributed by atoms with E-state index in [0.717, 1.165) is 44.0 Å². The van der Waals surface area contributed by atoms with Crippen LogP contribution < -0.4 is 10.6 Å². The van der Waals surface area contributed by atoms with E-state index in [1.807, 2.05) is 29.2 Å². The quantitative estimate of drug-likeness (QED) is 0.730. The van der Waals surface area contributed by atoms with Gasteiger partial charge in [0.15, 0.2) is 0 Å². The van der Waals surface area contributed by atoms with Crippen LogP contribution in [0.25, 0.3) is 0 Å². The van der Waals surface area contributed by atoms with E-state index in [4.69, 9.17) is 4.74 Å². The zero-order valence-corrected chi connectivity index (χ0v) is 17.8. The second kappa shape index (κ2) is 12.2. The number of carbonyl (C=O) groups is 2. The first-order valence-electron chi connectivity index (χ1n) is 9.26. The van der Waals surface area contributed by atoms with Crippen molar-refractivity contribution in [3.05, 3.63) is 29.8 Å². The molecule has 2 aliphatic rings. The smallest absolute Gasteiger partial charge is 0.227 e. The number of benzene rings is 1. The minimum absolute atomic E-state index is 0. The van der Waals surface area contributed by atoms with E-state index in [9.17, 15) is 9.59 Å². The van der Waals surface area contributed by atoms with Crippen molar-refractivity contribution in [3.63, 3.8) is 0 Å². The molecule has 28 heavy (non-hydrogen) atoms. The Labute approximate surface area is 179 Å². The predicted octanol–water partition coefficient (Wildman–Crippen LogP) is 1.16. The minimum Gasteiger partial charge on any atom is -0.378 e. The van der Waals surface area contributed by atoms with Gasteiger partial charge in [0, 0.05) is 50.9 Å². The van der Waals surface area contributed by atoms with Gasteiger partial charge in [-0.15, -0.1) is 24.8 Å². The first-order valence-corrected chi connectivity index (χ1v) is 9.26. The number of ether oxygens (including phenoxy) is 1. The van der Waals surface area contributed by atoms with Crippen LogP contribution in [0.15, 0.2) is 24.3 Å². The van der Waals surface area contributed by atoms with Crippen LogP contribution >= 0.6 is 24.8 Å². The van der Waals surface area contributed by atoms with Gasteiger partial charge >= 0.3 is 0 Å². The molecule has 158 valence electrons. The number of halogens is 2. The summed E-state index contributed by atoms with van der Waals surface area (Å²) in [5.41, 5.74) is 1.72. The number of hydrogen-bond acceptors (Lipinski definition) is 5. The molecular formula is C19H30Cl2N4O3. The largest absolute Gasteiger partial charge is 0.378 e. The summed E-state index contributed by atoms with van der Waals surface area (Å²) in [5, 5.41) is 6.17. The molecule has 0 saturated carbocycles. The molecule has 0 bridgehead atoms. The number of hydrogen-bond donors (Lipinski definition) is 2. The zero-order chi connectivity index (χ0) is 18.4. The maximum absolute atomic E-state index is 12.4. The van der Waals surface area contributed by atoms with Crippen molar-refractivity contribution in [2.45, 2.75) is 18.9 Å². The molecule has 1 aromatic carbocycles. The molecule has 1 aromatic rings. The summed E-state index contributed by atoms with van der Waals surface area (Å²) in [6, 6.07) is 7.60. The molecule has 0 aromatic heterocycles. The Bertz CT molecular complexity index is 616. The number of likely N-dealkylation sites (N-methyl/N-ethyl adjacent to an activating group) is 1. The summed E-state index contributed by atoms with van der Waals surface area (Å²) >= 11 is 0. The summed E-state index contributed by atoms with van der Waals surface area (Å²) in [6.07, 6.45) is 0.797. The third-order valence-corrected chi connectivity index (χ3v) is 4.88. The maximum atomic E-state index is 12.4. The van der Waals surface area contributed by atoms with E-state index in [0.29, 0.717) is 26.1 Å². The average molecular weight is 433 g/mol. The van der Waals surface area contributed by atoms with Gasteiger partial charge in [-0.2, -0.15) is 0 Å². The molecule has 2 heterocycles. The molecule has 7 nitrogen and oxygen atoms in total. The highest BCUT2D eigenvalue weighted by Crippen LogP contribution is 2.13. The lowest BCUT2D eigenvalue weighted by atomic mass is 10.1. The van der Waals surface area contributed by atoms with E-state index in [1.54, 1.807) is 0 Å². The molecule has 2 N–H and O–H groups in total. The van der Waals surface area contributed by atoms with Crippen LogP contribution in [0.5, 0.6) is 0 Å². The summed E-state index contributed by atoms with van der Waals surface area (Å²) in [7, 11) is 2.08. The van der Waals surface area contributed by atoms with Crippen molar-refractivity contribution < 1.29 is 14.3 Å². The Morgan fingerprint density at radius 3 is 2.43 bits per heavy atom. The maximum Gasteiger partial charge on any atom is 0.227 e. The lowest BCUT2D eigenvalue weighted by molar-refractivity contribution is -0.132. The van der Waals surface area contributed by atoms with Gasteiger partial charge in [-0.3, -0.25) is 9.59 Å². The normalized spacial score (nSPS) is 19.9. The Morgan fingerprint density at radius 2 is 1.82 bits per heavy atom. The van der Waals surface area contributed by atoms with Crippen LogP contribution in [0, 0.1) is 0 Å². The van der Waals surface area contributed by atoms with Crippen molar-refractivity contribution in [1.82, 2.24) is 15.1 Å². The third kappa shape index (κ3) is 7.56. The van der Waals surface area contributed by atoms with Crippen LogP contribution in [-0.2, 0) is 20.7 Å². The third-order valence-electron chi connectivity index (χ3n) is 4.88. The van der Waals surface area contributed by atoms with Gasteiger partial charge in [0.25, 0.3) is 0 Å². The highest BCUT2D eigenvalue weighted by molar-refractivity contribution is 5.91. The second-order valence-corrected chi connectivity index (χ2v) is 7.04. The topological polar surface area (TPSA) is 73.9 Å². The first-order chi connectivity index (χ1) is 12.6. The molecule has 3 rings (SSSR count). The number of carbonyl (C=O) groups excluding carboxylic acids is 2. The van der Waals surface area contributed by atoms with Gasteiger partial charge in [0.2, 0.25) is 11.8 Å². The molecule has 0 spiro atoms. The Morgan fingerprint density at radius 1 is 1.14 bits per heavy atom. The molecule has 2 amide bonds. The fraction of sp³-hybridized carbons (Fsp3) is 0.579. The molecule has 2 fully saturated rings. The number of anilines is 1. The highest BCUT2D eigenvalue weighted by Gasteiger charge is 2.19. The number of morpholine rings is 1. The molecule has 0 radical (unpaired) electrons. The minimum atomic E-state index is -0.0331. The van der Waals surface area contributed by atoms with Gasteiger partial charge in [-0.25, -0.2) is 0 Å². The molecule has 1 atom stereocenters. The Hall–Kier alpha value is -1.38. The number of piperazine rings is 1. The van der Waals surface area contributed by atoms with Crippen molar-refractivity contribution in [2.24, 2.45) is 0 Å². The highest BCUT2D eigenvalue weighted by atomic mass is 35.5. The second-order valence-electron chi connectivity index (χ2n) is 7.04. The Kier molecular flexibility index (Phi) is 10.8. The van der Waals surface area contributed by atoms with E-state index < -0.39 is 0 Å². The summed E-state index contributed by atoms with van der Waals surface area (Å²) < 4.78 is 5.36. The van der Waals surface area contributed by atoms with Crippen molar-refractivity contribution >= 4 is 42.3 Å². The number of nitrogens with one attached hydrogen (secondary N) is 2. The predicted molar refractivity (Wildman–Crippen MR) is 115 cm³/mol. The van der Waals surface area contributed by atoms with Gasteiger partial charge in [-0.05, 0) is 24.7 Å². The molecule has 1 unspecified atom stereocenters. The van der Waals surface area contributed by atoms with Crippen LogP contribution in [-0.4, -0.2) is 80.6 Å². The van der Waals surface area contributed by atoms with Crippen LogP contribution in [0.4, 0.5) is 5.69 Å². The lowest BCUT2D eigenvalue weighted by Gasteiger charge is -2.32. The van der Waals surface area contributed by atoms with Gasteiger partial charge < -0.3 is 25.2 Å². The zero-order valence-electron chi connectivity index (χ0n) is 16.2. The van der Waals surface area contributed by atoms with E-state index in [-0.39, 0.29) is 42.7 Å². The van der Waals surface area contributed by atoms with Gasteiger partial charge in [-0.1, -0.05) is 12.1 Å². The average Bonchev–Trinajstić information content (AvgIpc) is 2.64. The molecule has 0 aliphatic carbocycles. The molecule has 9 heteroatoms. The first kappa shape index (κ1) is 24.7. The Balaban J connectivity index is 0.00000196. The van der Waals surface area contributed by atoms with Crippen molar-refractivity contribution in [1.29, 1.82) is 0 Å². The summed E-state index contributed by atoms with van der Waals surface area (Å²) in [5.74, 6) is 0.132. The number of amides is 2. The number of rotatable bonds is 5. The van der Waals surface area contributed by atoms with Crippen LogP contribution in [0.1, 0.15) is 12.0 Å². The van der Waals surface area contributed by atoms with Crippen molar-refractivity contribution in [3.8, 4) is 0 Å². The van der Waals surface area contributed by atoms with Gasteiger partial charge in [0.05, 0.1) is 19.6 Å².